The third-order valence-corrected chi connectivity index (χ3v) is 7.29. The van der Waals surface area contributed by atoms with E-state index in [0.29, 0.717) is 17.4 Å². The number of pyridine rings is 1. The third kappa shape index (κ3) is 4.84. The quantitative estimate of drug-likeness (QED) is 0.419. The number of ether oxygens (including phenoxy) is 1. The molecule has 2 aromatic carbocycles. The standard InChI is InChI=1S/C29H33N5O2/c1-18-14-21(6-8-25(18)29(35)31-22-11-13-33(4)19(2)15-22)27-16-24(10-12-30-27)36-23-7-9-26-20(3)32-34(5)28(26)17-23/h6-10,12,14,16-17,19,22H,11,13,15H2,1-5H3,(H,31,35)/t19-,22-/m1/s1. The summed E-state index contributed by atoms with van der Waals surface area (Å²) in [6.45, 7) is 7.19. The van der Waals surface area contributed by atoms with Crippen LogP contribution in [0.15, 0.2) is 54.7 Å². The topological polar surface area (TPSA) is 72.3 Å². The van der Waals surface area contributed by atoms with Gasteiger partial charge < -0.3 is 15.0 Å². The van der Waals surface area contributed by atoms with Gasteiger partial charge in [0.1, 0.15) is 11.5 Å². The van der Waals surface area contributed by atoms with E-state index in [0.717, 1.165) is 58.6 Å². The number of hydrogen-bond donors (Lipinski definition) is 1. The van der Waals surface area contributed by atoms with Crippen LogP contribution in [-0.2, 0) is 7.05 Å². The van der Waals surface area contributed by atoms with Crippen molar-refractivity contribution in [1.29, 1.82) is 0 Å². The lowest BCUT2D eigenvalue weighted by Crippen LogP contribution is -2.47. The molecule has 1 fully saturated rings. The van der Waals surface area contributed by atoms with E-state index in [4.69, 9.17) is 4.74 Å². The number of nitrogens with one attached hydrogen (secondary N) is 1. The summed E-state index contributed by atoms with van der Waals surface area (Å²) in [5.74, 6) is 1.44. The normalized spacial score (nSPS) is 18.4. The summed E-state index contributed by atoms with van der Waals surface area (Å²) in [6, 6.07) is 16.3. The van der Waals surface area contributed by atoms with Gasteiger partial charge in [-0.2, -0.15) is 5.10 Å². The number of piperidine rings is 1. The molecule has 1 aliphatic heterocycles. The van der Waals surface area contributed by atoms with Crippen molar-refractivity contribution >= 4 is 16.8 Å². The Morgan fingerprint density at radius 2 is 1.86 bits per heavy atom. The predicted molar refractivity (Wildman–Crippen MR) is 143 cm³/mol. The minimum atomic E-state index is -0.00774. The highest BCUT2D eigenvalue weighted by molar-refractivity contribution is 5.96. The zero-order valence-electron chi connectivity index (χ0n) is 21.6. The highest BCUT2D eigenvalue weighted by Gasteiger charge is 2.24. The van der Waals surface area contributed by atoms with Crippen molar-refractivity contribution in [1.82, 2.24) is 25.0 Å². The zero-order valence-corrected chi connectivity index (χ0v) is 21.6. The van der Waals surface area contributed by atoms with Gasteiger partial charge in [0.15, 0.2) is 0 Å². The van der Waals surface area contributed by atoms with E-state index in [9.17, 15) is 4.79 Å². The molecule has 2 aromatic heterocycles. The summed E-state index contributed by atoms with van der Waals surface area (Å²) >= 11 is 0. The van der Waals surface area contributed by atoms with Gasteiger partial charge in [-0.15, -0.1) is 0 Å². The molecule has 0 unspecified atom stereocenters. The van der Waals surface area contributed by atoms with Crippen molar-refractivity contribution in [2.75, 3.05) is 13.6 Å². The van der Waals surface area contributed by atoms with Gasteiger partial charge in [0.2, 0.25) is 0 Å². The molecule has 0 saturated carbocycles. The number of benzene rings is 2. The minimum absolute atomic E-state index is 0.00774. The molecular formula is C29H33N5O2. The van der Waals surface area contributed by atoms with Gasteiger partial charge >= 0.3 is 0 Å². The molecule has 186 valence electrons. The Hall–Kier alpha value is -3.71. The Kier molecular flexibility index (Phi) is 6.49. The molecule has 0 bridgehead atoms. The van der Waals surface area contributed by atoms with Crippen LogP contribution in [0.2, 0.25) is 0 Å². The van der Waals surface area contributed by atoms with Gasteiger partial charge in [0.25, 0.3) is 5.91 Å². The Balaban J connectivity index is 1.31. The molecular weight excluding hydrogens is 450 g/mol. The first-order valence-corrected chi connectivity index (χ1v) is 12.5. The van der Waals surface area contributed by atoms with E-state index in [1.807, 2.05) is 74.1 Å². The Morgan fingerprint density at radius 3 is 2.64 bits per heavy atom. The number of aromatic nitrogens is 3. The Morgan fingerprint density at radius 1 is 1.06 bits per heavy atom. The molecule has 1 N–H and O–H groups in total. The lowest BCUT2D eigenvalue weighted by atomic mass is 9.97. The fourth-order valence-electron chi connectivity index (χ4n) is 5.01. The zero-order chi connectivity index (χ0) is 25.4. The van der Waals surface area contributed by atoms with Crippen LogP contribution in [0.5, 0.6) is 11.5 Å². The maximum Gasteiger partial charge on any atom is 0.251 e. The largest absolute Gasteiger partial charge is 0.457 e. The summed E-state index contributed by atoms with van der Waals surface area (Å²) in [6.07, 6.45) is 3.70. The fourth-order valence-corrected chi connectivity index (χ4v) is 5.01. The molecule has 36 heavy (non-hydrogen) atoms. The molecule has 7 nitrogen and oxygen atoms in total. The lowest BCUT2D eigenvalue weighted by Gasteiger charge is -2.35. The number of hydrogen-bond acceptors (Lipinski definition) is 5. The van der Waals surface area contributed by atoms with Crippen molar-refractivity contribution in [2.24, 2.45) is 7.05 Å². The Bertz CT molecular complexity index is 1430. The number of fused-ring (bicyclic) bond motifs is 1. The van der Waals surface area contributed by atoms with E-state index in [-0.39, 0.29) is 11.9 Å². The maximum absolute atomic E-state index is 13.0. The number of aryl methyl sites for hydroxylation is 3. The molecule has 1 saturated heterocycles. The van der Waals surface area contributed by atoms with Gasteiger partial charge in [-0.3, -0.25) is 14.5 Å². The minimum Gasteiger partial charge on any atom is -0.457 e. The van der Waals surface area contributed by atoms with E-state index in [1.165, 1.54) is 0 Å². The van der Waals surface area contributed by atoms with E-state index < -0.39 is 0 Å². The number of likely N-dealkylation sites (tertiary alicyclic amines) is 1. The highest BCUT2D eigenvalue weighted by atomic mass is 16.5. The van der Waals surface area contributed by atoms with Crippen molar-refractivity contribution in [3.63, 3.8) is 0 Å². The number of rotatable bonds is 5. The smallest absolute Gasteiger partial charge is 0.251 e. The van der Waals surface area contributed by atoms with Gasteiger partial charge in [-0.25, -0.2) is 0 Å². The monoisotopic (exact) mass is 483 g/mol. The first-order valence-electron chi connectivity index (χ1n) is 12.5. The molecule has 5 rings (SSSR count). The summed E-state index contributed by atoms with van der Waals surface area (Å²) in [5, 5.41) is 8.83. The first-order chi connectivity index (χ1) is 17.3. The summed E-state index contributed by atoms with van der Waals surface area (Å²) in [5.41, 5.74) is 5.40. The first kappa shape index (κ1) is 24.0. The lowest BCUT2D eigenvalue weighted by molar-refractivity contribution is 0.0896. The number of nitrogens with zero attached hydrogens (tertiary/aromatic N) is 4. The molecule has 1 aliphatic rings. The molecule has 7 heteroatoms. The van der Waals surface area contributed by atoms with Crippen LogP contribution in [0.3, 0.4) is 0 Å². The second kappa shape index (κ2) is 9.74. The second-order valence-electron chi connectivity index (χ2n) is 9.92. The number of amides is 1. The summed E-state index contributed by atoms with van der Waals surface area (Å²) in [7, 11) is 4.07. The SMILES string of the molecule is Cc1cc(-c2cc(Oc3ccc4c(C)nn(C)c4c3)ccn2)ccc1C(=O)N[C@@H]1CCN(C)[C@H](C)C1. The van der Waals surface area contributed by atoms with Gasteiger partial charge in [-0.05, 0) is 76.6 Å². The number of carbonyl (C=O) groups is 1. The second-order valence-corrected chi connectivity index (χ2v) is 9.92. The predicted octanol–water partition coefficient (Wildman–Crippen LogP) is 5.26. The number of carbonyl (C=O) groups excluding carboxylic acids is 1. The van der Waals surface area contributed by atoms with Crippen LogP contribution < -0.4 is 10.1 Å². The van der Waals surface area contributed by atoms with E-state index in [2.05, 4.69) is 34.3 Å². The van der Waals surface area contributed by atoms with Crippen molar-refractivity contribution in [3.05, 3.63) is 71.5 Å². The van der Waals surface area contributed by atoms with Gasteiger partial charge in [-0.1, -0.05) is 6.07 Å². The van der Waals surface area contributed by atoms with Crippen molar-refractivity contribution in [2.45, 2.75) is 45.7 Å². The summed E-state index contributed by atoms with van der Waals surface area (Å²) < 4.78 is 8.02. The summed E-state index contributed by atoms with van der Waals surface area (Å²) in [4.78, 5) is 19.9. The van der Waals surface area contributed by atoms with Crippen LogP contribution in [0.1, 0.15) is 41.4 Å². The van der Waals surface area contributed by atoms with Crippen LogP contribution in [-0.4, -0.2) is 51.2 Å². The molecule has 3 heterocycles. The van der Waals surface area contributed by atoms with Crippen LogP contribution >= 0.6 is 0 Å². The highest BCUT2D eigenvalue weighted by Crippen LogP contribution is 2.29. The average molecular weight is 484 g/mol. The van der Waals surface area contributed by atoms with E-state index >= 15 is 0 Å². The third-order valence-electron chi connectivity index (χ3n) is 7.29. The molecule has 0 aliphatic carbocycles. The molecule has 0 spiro atoms. The van der Waals surface area contributed by atoms with Crippen LogP contribution in [0.25, 0.3) is 22.2 Å². The molecule has 4 aromatic rings. The van der Waals surface area contributed by atoms with Crippen molar-refractivity contribution in [3.8, 4) is 22.8 Å². The maximum atomic E-state index is 13.0. The average Bonchev–Trinajstić information content (AvgIpc) is 3.14. The van der Waals surface area contributed by atoms with Crippen LogP contribution in [0, 0.1) is 13.8 Å². The Labute approximate surface area is 212 Å². The van der Waals surface area contributed by atoms with E-state index in [1.54, 1.807) is 6.20 Å². The molecule has 2 atom stereocenters. The fraction of sp³-hybridized carbons (Fsp3) is 0.345. The molecule has 1 amide bonds. The van der Waals surface area contributed by atoms with Gasteiger partial charge in [0.05, 0.1) is 16.9 Å². The van der Waals surface area contributed by atoms with Crippen LogP contribution in [0.4, 0.5) is 0 Å². The van der Waals surface area contributed by atoms with Gasteiger partial charge in [0, 0.05) is 60.5 Å². The molecule has 0 radical (unpaired) electrons. The van der Waals surface area contributed by atoms with Crippen molar-refractivity contribution < 1.29 is 9.53 Å².